The first kappa shape index (κ1) is 30.5. The van der Waals surface area contributed by atoms with Crippen molar-refractivity contribution in [1.82, 2.24) is 9.91 Å². The van der Waals surface area contributed by atoms with Gasteiger partial charge >= 0.3 is 6.18 Å². The molecule has 0 bridgehead atoms. The van der Waals surface area contributed by atoms with Crippen molar-refractivity contribution in [1.29, 1.82) is 0 Å². The lowest BCUT2D eigenvalue weighted by atomic mass is 9.97. The Morgan fingerprint density at radius 1 is 0.976 bits per heavy atom. The Balaban J connectivity index is 1.65. The molecule has 2 amide bonds. The topological polar surface area (TPSA) is 80.7 Å². The predicted octanol–water partition coefficient (Wildman–Crippen LogP) is 5.33. The number of amides is 2. The first-order valence-corrected chi connectivity index (χ1v) is 12.9. The number of ether oxygens (including phenoxy) is 3. The highest BCUT2D eigenvalue weighted by atomic mass is 19.4. The maximum Gasteiger partial charge on any atom is 0.416 e. The molecule has 42 heavy (non-hydrogen) atoms. The predicted molar refractivity (Wildman–Crippen MR) is 146 cm³/mol. The molecule has 3 aromatic carbocycles. The van der Waals surface area contributed by atoms with Crippen LogP contribution in [0.15, 0.2) is 71.8 Å². The summed E-state index contributed by atoms with van der Waals surface area (Å²) in [4.78, 5) is 28.2. The largest absolute Gasteiger partial charge is 0.497 e. The van der Waals surface area contributed by atoms with Crippen LogP contribution in [0.2, 0.25) is 0 Å². The zero-order valence-electron chi connectivity index (χ0n) is 23.2. The molecule has 0 spiro atoms. The summed E-state index contributed by atoms with van der Waals surface area (Å²) in [5, 5.41) is 5.84. The molecule has 12 heteroatoms. The van der Waals surface area contributed by atoms with Gasteiger partial charge in [0.05, 0.1) is 38.1 Å². The molecule has 0 aromatic heterocycles. The molecule has 4 rings (SSSR count). The lowest BCUT2D eigenvalue weighted by Crippen LogP contribution is -2.42. The van der Waals surface area contributed by atoms with Crippen LogP contribution in [0.3, 0.4) is 0 Å². The van der Waals surface area contributed by atoms with E-state index in [1.165, 1.54) is 43.4 Å². The standard InChI is InChI=1S/C30H29F4N3O5/c1-40-15-14-36(29(39)20-4-8-21(9-5-20)30(32,33)34)18-28(38)37-26(19-6-10-22(31)11-7-19)17-25(35-37)24-13-12-23(41-2)16-27(24)42-3/h4-13,16,26H,14-15,17-18H2,1-3H3. The average Bonchev–Trinajstić information content (AvgIpc) is 3.44. The van der Waals surface area contributed by atoms with Crippen LogP contribution in [-0.2, 0) is 15.7 Å². The first-order valence-electron chi connectivity index (χ1n) is 12.9. The number of carbonyl (C=O) groups is 2. The molecule has 1 unspecified atom stereocenters. The molecular formula is C30H29F4N3O5. The number of carbonyl (C=O) groups excluding carboxylic acids is 2. The van der Waals surface area contributed by atoms with E-state index in [1.807, 2.05) is 0 Å². The smallest absolute Gasteiger partial charge is 0.416 e. The van der Waals surface area contributed by atoms with E-state index in [0.29, 0.717) is 28.3 Å². The van der Waals surface area contributed by atoms with Gasteiger partial charge in [-0.1, -0.05) is 12.1 Å². The summed E-state index contributed by atoms with van der Waals surface area (Å²) in [6.45, 7) is -0.351. The van der Waals surface area contributed by atoms with Gasteiger partial charge in [0, 0.05) is 37.3 Å². The number of hydrogen-bond acceptors (Lipinski definition) is 6. The van der Waals surface area contributed by atoms with Gasteiger partial charge in [0.15, 0.2) is 0 Å². The molecule has 0 aliphatic carbocycles. The minimum absolute atomic E-state index is 0.0000245. The van der Waals surface area contributed by atoms with Gasteiger partial charge in [-0.15, -0.1) is 0 Å². The number of halogens is 4. The van der Waals surface area contributed by atoms with Gasteiger partial charge in [-0.3, -0.25) is 9.59 Å². The Morgan fingerprint density at radius 2 is 1.67 bits per heavy atom. The second-order valence-electron chi connectivity index (χ2n) is 9.42. The fraction of sp³-hybridized carbons (Fsp3) is 0.300. The molecule has 1 aliphatic heterocycles. The number of hydrazone groups is 1. The van der Waals surface area contributed by atoms with E-state index in [9.17, 15) is 27.2 Å². The molecular weight excluding hydrogens is 558 g/mol. The fourth-order valence-corrected chi connectivity index (χ4v) is 4.56. The summed E-state index contributed by atoms with van der Waals surface area (Å²) < 4.78 is 68.7. The maximum absolute atomic E-state index is 13.7. The molecule has 8 nitrogen and oxygen atoms in total. The molecule has 222 valence electrons. The molecule has 0 saturated heterocycles. The number of methoxy groups -OCH3 is 3. The third kappa shape index (κ3) is 6.88. The normalized spacial score (nSPS) is 14.9. The van der Waals surface area contributed by atoms with Crippen LogP contribution < -0.4 is 9.47 Å². The van der Waals surface area contributed by atoms with Gasteiger partial charge in [0.25, 0.3) is 11.8 Å². The number of nitrogens with zero attached hydrogens (tertiary/aromatic N) is 3. The van der Waals surface area contributed by atoms with Crippen molar-refractivity contribution in [3.8, 4) is 11.5 Å². The second kappa shape index (κ2) is 13.0. The SMILES string of the molecule is COCCN(CC(=O)N1N=C(c2ccc(OC)cc2OC)CC1c1ccc(F)cc1)C(=O)c1ccc(C(F)(F)F)cc1. The molecule has 1 atom stereocenters. The third-order valence-electron chi connectivity index (χ3n) is 6.78. The Labute approximate surface area is 240 Å². The van der Waals surface area contributed by atoms with E-state index < -0.39 is 42.0 Å². The van der Waals surface area contributed by atoms with Crippen molar-refractivity contribution in [3.05, 3.63) is 94.8 Å². The summed E-state index contributed by atoms with van der Waals surface area (Å²) in [6, 6.07) is 14.0. The van der Waals surface area contributed by atoms with Crippen molar-refractivity contribution in [3.63, 3.8) is 0 Å². The third-order valence-corrected chi connectivity index (χ3v) is 6.78. The van der Waals surface area contributed by atoms with Crippen molar-refractivity contribution < 1.29 is 41.4 Å². The quantitative estimate of drug-likeness (QED) is 0.300. The fourth-order valence-electron chi connectivity index (χ4n) is 4.56. The van der Waals surface area contributed by atoms with Crippen molar-refractivity contribution in [2.24, 2.45) is 5.10 Å². The lowest BCUT2D eigenvalue weighted by molar-refractivity contribution is -0.137. The number of alkyl halides is 3. The molecule has 0 N–H and O–H groups in total. The first-order chi connectivity index (χ1) is 20.0. The maximum atomic E-state index is 13.7. The number of hydrogen-bond donors (Lipinski definition) is 0. The van der Waals surface area contributed by atoms with Crippen LogP contribution in [0, 0.1) is 5.82 Å². The van der Waals surface area contributed by atoms with Gasteiger partial charge in [0.2, 0.25) is 0 Å². The van der Waals surface area contributed by atoms with Crippen LogP contribution in [0.5, 0.6) is 11.5 Å². The van der Waals surface area contributed by atoms with Crippen LogP contribution in [0.4, 0.5) is 17.6 Å². The molecule has 0 radical (unpaired) electrons. The average molecular weight is 588 g/mol. The summed E-state index contributed by atoms with van der Waals surface area (Å²) in [7, 11) is 4.44. The van der Waals surface area contributed by atoms with Crippen molar-refractivity contribution >= 4 is 17.5 Å². The van der Waals surface area contributed by atoms with Gasteiger partial charge in [0.1, 0.15) is 23.9 Å². The molecule has 1 aliphatic rings. The summed E-state index contributed by atoms with van der Waals surface area (Å²) in [5.74, 6) is -0.608. The van der Waals surface area contributed by atoms with Crippen LogP contribution in [-0.4, -0.2) is 68.5 Å². The van der Waals surface area contributed by atoms with Gasteiger partial charge in [-0.2, -0.15) is 18.3 Å². The molecule has 3 aromatic rings. The van der Waals surface area contributed by atoms with E-state index in [2.05, 4.69) is 5.10 Å². The zero-order chi connectivity index (χ0) is 30.4. The minimum atomic E-state index is -4.55. The van der Waals surface area contributed by atoms with Crippen molar-refractivity contribution in [2.75, 3.05) is 41.0 Å². The lowest BCUT2D eigenvalue weighted by Gasteiger charge is -2.27. The molecule has 0 fully saturated rings. The van der Waals surface area contributed by atoms with E-state index in [1.54, 1.807) is 30.3 Å². The van der Waals surface area contributed by atoms with Gasteiger partial charge in [-0.05, 0) is 54.1 Å². The monoisotopic (exact) mass is 587 g/mol. The second-order valence-corrected chi connectivity index (χ2v) is 9.42. The van der Waals surface area contributed by atoms with E-state index in [4.69, 9.17) is 14.2 Å². The highest BCUT2D eigenvalue weighted by Crippen LogP contribution is 2.36. The minimum Gasteiger partial charge on any atom is -0.497 e. The summed E-state index contributed by atoms with van der Waals surface area (Å²) in [5.41, 5.74) is 0.852. The van der Waals surface area contributed by atoms with Crippen LogP contribution in [0.25, 0.3) is 0 Å². The Kier molecular flexibility index (Phi) is 9.46. The van der Waals surface area contributed by atoms with Gasteiger partial charge < -0.3 is 19.1 Å². The highest BCUT2D eigenvalue weighted by molar-refractivity contribution is 6.05. The van der Waals surface area contributed by atoms with Crippen LogP contribution in [0.1, 0.15) is 39.5 Å². The molecule has 1 heterocycles. The summed E-state index contributed by atoms with van der Waals surface area (Å²) >= 11 is 0. The Bertz CT molecular complexity index is 1440. The van der Waals surface area contributed by atoms with Crippen molar-refractivity contribution in [2.45, 2.75) is 18.6 Å². The van der Waals surface area contributed by atoms with E-state index in [0.717, 1.165) is 24.3 Å². The number of rotatable bonds is 10. The van der Waals surface area contributed by atoms with Gasteiger partial charge in [-0.25, -0.2) is 9.40 Å². The zero-order valence-corrected chi connectivity index (χ0v) is 23.2. The molecule has 0 saturated carbocycles. The summed E-state index contributed by atoms with van der Waals surface area (Å²) in [6.07, 6.45) is -4.29. The number of benzene rings is 3. The highest BCUT2D eigenvalue weighted by Gasteiger charge is 2.36. The Morgan fingerprint density at radius 3 is 2.26 bits per heavy atom. The van der Waals surface area contributed by atoms with E-state index >= 15 is 0 Å². The van der Waals surface area contributed by atoms with E-state index in [-0.39, 0.29) is 25.1 Å². The Hall–Kier alpha value is -4.45. The van der Waals surface area contributed by atoms with Crippen LogP contribution >= 0.6 is 0 Å².